The summed E-state index contributed by atoms with van der Waals surface area (Å²) in [6, 6.07) is 13.7. The number of para-hydroxylation sites is 1. The molecule has 4 radical (unpaired) electrons. The Bertz CT molecular complexity index is 944. The van der Waals surface area contributed by atoms with E-state index in [2.05, 4.69) is 14.6 Å². The molecule has 3 N–H and O–H groups in total. The zero-order valence-corrected chi connectivity index (χ0v) is 12.5. The van der Waals surface area contributed by atoms with Crippen molar-refractivity contribution in [3.8, 4) is 34.0 Å². The number of nitrogen functional groups attached to an aromatic ring is 1. The lowest BCUT2D eigenvalue weighted by atomic mass is 10.1. The zero-order valence-electron chi connectivity index (χ0n) is 12.5. The fourth-order valence-corrected chi connectivity index (χ4v) is 2.35. The number of H-pyrrole nitrogens is 1. The van der Waals surface area contributed by atoms with Gasteiger partial charge in [-0.05, 0) is 30.3 Å². The molecule has 0 saturated carbocycles. The summed E-state index contributed by atoms with van der Waals surface area (Å²) in [6.07, 6.45) is 0. The molecule has 0 saturated heterocycles. The number of nitrogens with two attached hydrogens (primary N) is 1. The van der Waals surface area contributed by atoms with Gasteiger partial charge >= 0.3 is 21.8 Å². The third-order valence-electron chi connectivity index (χ3n) is 3.49. The zero-order chi connectivity index (χ0) is 17.1. The van der Waals surface area contributed by atoms with Crippen LogP contribution in [0.1, 0.15) is 0 Å². The van der Waals surface area contributed by atoms with Gasteiger partial charge in [0, 0.05) is 16.8 Å². The van der Waals surface area contributed by atoms with E-state index in [-0.39, 0.29) is 11.5 Å². The summed E-state index contributed by atoms with van der Waals surface area (Å²) < 4.78 is 9.37. The molecular formula is C16H11B2N3O3. The number of nitrogens with zero attached hydrogens (tertiary/aromatic N) is 1. The molecule has 8 heteroatoms. The number of rotatable bonds is 4. The average Bonchev–Trinajstić information content (AvgIpc) is 2.61. The lowest BCUT2D eigenvalue weighted by Crippen LogP contribution is -2.12. The maximum Gasteiger partial charge on any atom is 0.374 e. The SMILES string of the molecule is [B]Oc1ccc(-c2cc(-c3ccccc3N)[nH]c(=O)n2)cc1O[B]. The van der Waals surface area contributed by atoms with Gasteiger partial charge < -0.3 is 20.0 Å². The van der Waals surface area contributed by atoms with E-state index in [0.29, 0.717) is 28.2 Å². The molecule has 24 heavy (non-hydrogen) atoms. The molecule has 0 fully saturated rings. The Morgan fingerprint density at radius 3 is 2.46 bits per heavy atom. The maximum absolute atomic E-state index is 11.9. The van der Waals surface area contributed by atoms with Crippen molar-refractivity contribution in [3.05, 3.63) is 59.0 Å². The highest BCUT2D eigenvalue weighted by Gasteiger charge is 2.10. The van der Waals surface area contributed by atoms with Gasteiger partial charge in [-0.3, -0.25) is 0 Å². The molecule has 0 amide bonds. The van der Waals surface area contributed by atoms with Crippen LogP contribution in [-0.4, -0.2) is 26.1 Å². The van der Waals surface area contributed by atoms with E-state index >= 15 is 0 Å². The van der Waals surface area contributed by atoms with E-state index in [1.54, 1.807) is 30.3 Å². The Morgan fingerprint density at radius 2 is 1.75 bits per heavy atom. The van der Waals surface area contributed by atoms with Gasteiger partial charge in [-0.25, -0.2) is 4.79 Å². The van der Waals surface area contributed by atoms with Crippen molar-refractivity contribution in [1.29, 1.82) is 0 Å². The highest BCUT2D eigenvalue weighted by molar-refractivity contribution is 6.02. The van der Waals surface area contributed by atoms with E-state index in [4.69, 9.17) is 26.5 Å². The van der Waals surface area contributed by atoms with Crippen molar-refractivity contribution in [3.63, 3.8) is 0 Å². The number of anilines is 1. The number of hydrogen-bond acceptors (Lipinski definition) is 5. The third-order valence-corrected chi connectivity index (χ3v) is 3.49. The maximum atomic E-state index is 11.9. The molecule has 0 aliphatic carbocycles. The summed E-state index contributed by atoms with van der Waals surface area (Å²) in [7, 11) is 10.3. The quantitative estimate of drug-likeness (QED) is 0.564. The van der Waals surface area contributed by atoms with Crippen molar-refractivity contribution in [2.45, 2.75) is 0 Å². The molecule has 0 atom stereocenters. The molecule has 3 aromatic rings. The molecule has 1 aromatic heterocycles. The molecule has 0 aliphatic rings. The second-order valence-electron chi connectivity index (χ2n) is 4.97. The van der Waals surface area contributed by atoms with E-state index in [9.17, 15) is 4.79 Å². The highest BCUT2D eigenvalue weighted by atomic mass is 16.5. The third kappa shape index (κ3) is 2.99. The molecule has 1 heterocycles. The summed E-state index contributed by atoms with van der Waals surface area (Å²) in [5.41, 5.74) is 8.31. The first kappa shape index (κ1) is 15.7. The van der Waals surface area contributed by atoms with Crippen LogP contribution in [0, 0.1) is 0 Å². The van der Waals surface area contributed by atoms with E-state index in [1.165, 1.54) is 0 Å². The number of benzene rings is 2. The predicted octanol–water partition coefficient (Wildman–Crippen LogP) is 1.61. The van der Waals surface area contributed by atoms with Crippen LogP contribution in [0.25, 0.3) is 22.5 Å². The summed E-state index contributed by atoms with van der Waals surface area (Å²) in [5.74, 6) is 0.483. The van der Waals surface area contributed by atoms with Crippen LogP contribution in [0.4, 0.5) is 5.69 Å². The molecule has 0 aliphatic heterocycles. The van der Waals surface area contributed by atoms with Crippen molar-refractivity contribution in [1.82, 2.24) is 9.97 Å². The largest absolute Gasteiger partial charge is 0.565 e. The van der Waals surface area contributed by atoms with Crippen LogP contribution < -0.4 is 20.7 Å². The molecule has 0 spiro atoms. The second-order valence-corrected chi connectivity index (χ2v) is 4.97. The lowest BCUT2D eigenvalue weighted by Gasteiger charge is -2.11. The monoisotopic (exact) mass is 315 g/mol. The standard InChI is InChI=1S/C16H11B2N3O3/c17-23-14-6-5-9(7-15(14)24-18)12-8-13(21-16(22)20-12)10-3-1-2-4-11(10)19/h1-8H,19H2,(H,20,21,22). The molecular weight excluding hydrogens is 304 g/mol. The van der Waals surface area contributed by atoms with Gasteiger partial charge in [0.2, 0.25) is 0 Å². The Labute approximate surface area is 140 Å². The minimum Gasteiger partial charge on any atom is -0.565 e. The summed E-state index contributed by atoms with van der Waals surface area (Å²) in [4.78, 5) is 18.6. The minimum absolute atomic E-state index is 0.220. The number of aromatic amines is 1. The van der Waals surface area contributed by atoms with Crippen molar-refractivity contribution < 1.29 is 9.31 Å². The molecule has 3 rings (SSSR count). The second kappa shape index (κ2) is 6.54. The minimum atomic E-state index is -0.500. The van der Waals surface area contributed by atoms with Gasteiger partial charge in [-0.2, -0.15) is 4.98 Å². The Morgan fingerprint density at radius 1 is 1.00 bits per heavy atom. The summed E-state index contributed by atoms with van der Waals surface area (Å²) in [6.45, 7) is 0. The Balaban J connectivity index is 2.13. The normalized spacial score (nSPS) is 10.3. The van der Waals surface area contributed by atoms with Gasteiger partial charge in [0.25, 0.3) is 0 Å². The van der Waals surface area contributed by atoms with Crippen molar-refractivity contribution >= 4 is 21.8 Å². The molecule has 0 unspecified atom stereocenters. The average molecular weight is 315 g/mol. The van der Waals surface area contributed by atoms with Crippen LogP contribution in [0.3, 0.4) is 0 Å². The first-order valence-corrected chi connectivity index (χ1v) is 6.96. The summed E-state index contributed by atoms with van der Waals surface area (Å²) in [5, 5.41) is 0. The van der Waals surface area contributed by atoms with Gasteiger partial charge in [0.15, 0.2) is 0 Å². The van der Waals surface area contributed by atoms with Gasteiger partial charge in [0.1, 0.15) is 11.5 Å². The van der Waals surface area contributed by atoms with E-state index in [1.807, 2.05) is 18.2 Å². The van der Waals surface area contributed by atoms with Crippen LogP contribution in [0.5, 0.6) is 11.5 Å². The van der Waals surface area contributed by atoms with E-state index in [0.717, 1.165) is 0 Å². The number of hydrogen-bond donors (Lipinski definition) is 2. The molecule has 0 bridgehead atoms. The predicted molar refractivity (Wildman–Crippen MR) is 92.9 cm³/mol. The molecule has 2 aromatic carbocycles. The number of aromatic nitrogens is 2. The number of nitrogens with one attached hydrogen (secondary N) is 1. The van der Waals surface area contributed by atoms with Crippen molar-refractivity contribution in [2.24, 2.45) is 0 Å². The summed E-state index contributed by atoms with van der Waals surface area (Å²) >= 11 is 0. The fraction of sp³-hybridized carbons (Fsp3) is 0. The fourth-order valence-electron chi connectivity index (χ4n) is 2.35. The Hall–Kier alpha value is -3.15. The Kier molecular flexibility index (Phi) is 4.28. The topological polar surface area (TPSA) is 90.2 Å². The van der Waals surface area contributed by atoms with Crippen LogP contribution >= 0.6 is 0 Å². The molecule has 6 nitrogen and oxygen atoms in total. The van der Waals surface area contributed by atoms with E-state index < -0.39 is 5.69 Å². The lowest BCUT2D eigenvalue weighted by molar-refractivity contribution is 0.541. The molecule has 114 valence electrons. The van der Waals surface area contributed by atoms with Crippen LogP contribution in [-0.2, 0) is 0 Å². The first-order chi connectivity index (χ1) is 11.6. The highest BCUT2D eigenvalue weighted by Crippen LogP contribution is 2.32. The first-order valence-electron chi connectivity index (χ1n) is 6.96. The van der Waals surface area contributed by atoms with Gasteiger partial charge in [0.05, 0.1) is 11.4 Å². The smallest absolute Gasteiger partial charge is 0.374 e. The van der Waals surface area contributed by atoms with Gasteiger partial charge in [-0.15, -0.1) is 0 Å². The van der Waals surface area contributed by atoms with Crippen LogP contribution in [0.2, 0.25) is 0 Å². The van der Waals surface area contributed by atoms with Gasteiger partial charge in [-0.1, -0.05) is 18.2 Å². The van der Waals surface area contributed by atoms with Crippen molar-refractivity contribution in [2.75, 3.05) is 5.73 Å². The van der Waals surface area contributed by atoms with Crippen LogP contribution in [0.15, 0.2) is 53.3 Å².